The normalized spacial score (nSPS) is 30.2. The summed E-state index contributed by atoms with van der Waals surface area (Å²) in [6.45, 7) is 7.79. The van der Waals surface area contributed by atoms with Crippen molar-refractivity contribution in [2.75, 3.05) is 39.4 Å². The highest BCUT2D eigenvalue weighted by molar-refractivity contribution is 14.0. The first-order valence-electron chi connectivity index (χ1n) is 12.7. The minimum absolute atomic E-state index is 0. The molecule has 0 amide bonds. The highest BCUT2D eigenvalue weighted by atomic mass is 127. The molecule has 0 radical (unpaired) electrons. The number of likely N-dealkylation sites (tertiary alicyclic amines) is 1. The molecule has 2 aliphatic carbocycles. The van der Waals surface area contributed by atoms with Crippen LogP contribution >= 0.6 is 24.0 Å². The Balaban J connectivity index is 0.00000245. The summed E-state index contributed by atoms with van der Waals surface area (Å²) in [5, 5.41) is 3.55. The van der Waals surface area contributed by atoms with E-state index in [2.05, 4.69) is 41.4 Å². The molecule has 3 fully saturated rings. The number of ether oxygens (including phenoxy) is 2. The summed E-state index contributed by atoms with van der Waals surface area (Å²) in [5.41, 5.74) is 3.17. The Morgan fingerprint density at radius 3 is 2.78 bits per heavy atom. The van der Waals surface area contributed by atoms with Crippen molar-refractivity contribution in [3.8, 4) is 0 Å². The fourth-order valence-electron chi connectivity index (χ4n) is 5.99. The number of nitrogens with zero attached hydrogens (tertiary/aromatic N) is 2. The van der Waals surface area contributed by atoms with Crippen molar-refractivity contribution in [1.29, 1.82) is 0 Å². The van der Waals surface area contributed by atoms with Crippen molar-refractivity contribution in [1.82, 2.24) is 10.2 Å². The largest absolute Gasteiger partial charge is 0.376 e. The van der Waals surface area contributed by atoms with Crippen LogP contribution in [0.3, 0.4) is 0 Å². The molecule has 2 aliphatic heterocycles. The molecule has 4 atom stereocenters. The summed E-state index contributed by atoms with van der Waals surface area (Å²) in [5.74, 6) is 3.43. The number of halogens is 1. The zero-order valence-electron chi connectivity index (χ0n) is 19.5. The Morgan fingerprint density at radius 1 is 1.16 bits per heavy atom. The van der Waals surface area contributed by atoms with Gasteiger partial charge >= 0.3 is 0 Å². The third-order valence-corrected chi connectivity index (χ3v) is 7.81. The Morgan fingerprint density at radius 2 is 2.00 bits per heavy atom. The highest BCUT2D eigenvalue weighted by Gasteiger charge is 2.52. The second-order valence-corrected chi connectivity index (χ2v) is 9.79. The van der Waals surface area contributed by atoms with Gasteiger partial charge in [-0.05, 0) is 80.8 Å². The van der Waals surface area contributed by atoms with E-state index in [1.807, 2.05) is 0 Å². The van der Waals surface area contributed by atoms with Crippen molar-refractivity contribution < 1.29 is 9.47 Å². The third kappa shape index (κ3) is 5.61. The van der Waals surface area contributed by atoms with Gasteiger partial charge in [0.15, 0.2) is 5.96 Å². The van der Waals surface area contributed by atoms with Crippen molar-refractivity contribution >= 4 is 29.9 Å². The van der Waals surface area contributed by atoms with Crippen LogP contribution in [-0.2, 0) is 15.9 Å². The zero-order valence-corrected chi connectivity index (χ0v) is 21.8. The second kappa shape index (κ2) is 11.5. The number of hydrogen-bond acceptors (Lipinski definition) is 3. The minimum atomic E-state index is 0. The zero-order chi connectivity index (χ0) is 21.0. The molecule has 178 valence electrons. The fraction of sp³-hybridized carbons (Fsp3) is 0.731. The maximum atomic E-state index is 6.20. The summed E-state index contributed by atoms with van der Waals surface area (Å²) in [6.07, 6.45) is 9.08. The fourth-order valence-corrected chi connectivity index (χ4v) is 5.99. The number of piperidine rings is 1. The molecular formula is C26H40IN3O2. The Labute approximate surface area is 210 Å². The first-order chi connectivity index (χ1) is 15.3. The summed E-state index contributed by atoms with van der Waals surface area (Å²) >= 11 is 0. The summed E-state index contributed by atoms with van der Waals surface area (Å²) in [7, 11) is 0. The topological polar surface area (TPSA) is 46.1 Å². The number of rotatable bonds is 6. The Hall–Kier alpha value is -0.860. The van der Waals surface area contributed by atoms with Crippen LogP contribution in [-0.4, -0.2) is 62.5 Å². The van der Waals surface area contributed by atoms with Gasteiger partial charge in [0, 0.05) is 32.8 Å². The van der Waals surface area contributed by atoms with Gasteiger partial charge in [-0.25, -0.2) is 0 Å². The number of aryl methyl sites for hydroxylation is 1. The van der Waals surface area contributed by atoms with E-state index >= 15 is 0 Å². The summed E-state index contributed by atoms with van der Waals surface area (Å²) < 4.78 is 12.0. The van der Waals surface area contributed by atoms with E-state index in [1.165, 1.54) is 25.7 Å². The summed E-state index contributed by atoms with van der Waals surface area (Å²) in [4.78, 5) is 7.56. The molecule has 6 heteroatoms. The van der Waals surface area contributed by atoms with Gasteiger partial charge in [0.25, 0.3) is 0 Å². The van der Waals surface area contributed by atoms with Gasteiger partial charge in [-0.15, -0.1) is 24.0 Å². The van der Waals surface area contributed by atoms with E-state index < -0.39 is 0 Å². The van der Waals surface area contributed by atoms with Gasteiger partial charge in [-0.1, -0.05) is 24.3 Å². The average Bonchev–Trinajstić information content (AvgIpc) is 3.55. The van der Waals surface area contributed by atoms with Crippen LogP contribution in [0.1, 0.15) is 62.5 Å². The maximum Gasteiger partial charge on any atom is 0.193 e. The minimum Gasteiger partial charge on any atom is -0.376 e. The van der Waals surface area contributed by atoms with E-state index in [0.717, 1.165) is 82.4 Å². The van der Waals surface area contributed by atoms with Crippen LogP contribution in [0.5, 0.6) is 0 Å². The predicted octanol–water partition coefficient (Wildman–Crippen LogP) is 4.60. The van der Waals surface area contributed by atoms with Crippen LogP contribution in [0.4, 0.5) is 0 Å². The van der Waals surface area contributed by atoms with E-state index in [1.54, 1.807) is 11.1 Å². The van der Waals surface area contributed by atoms with Crippen LogP contribution in [0.15, 0.2) is 29.3 Å². The molecule has 1 aromatic carbocycles. The lowest BCUT2D eigenvalue weighted by atomic mass is 9.92. The standard InChI is InChI=1S/C26H39N3O2.HI/c1-2-27-26(28-17-24-23-11-10-19-7-3-4-9-22(19)25(23)24)29-14-12-20(13-15-29)31-18-21-8-5-6-16-30-21;/h3-4,7,9,20-21,23-25H,2,5-6,8,10-18H2,1H3,(H,27,28);1H. The van der Waals surface area contributed by atoms with Gasteiger partial charge < -0.3 is 19.7 Å². The SMILES string of the molecule is CCNC(=NCC1C2CCc3ccccc3C21)N1CCC(OCC2CCCCO2)CC1.I. The molecule has 4 unspecified atom stereocenters. The predicted molar refractivity (Wildman–Crippen MR) is 140 cm³/mol. The van der Waals surface area contributed by atoms with Crippen LogP contribution in [0.2, 0.25) is 0 Å². The smallest absolute Gasteiger partial charge is 0.193 e. The third-order valence-electron chi connectivity index (χ3n) is 7.81. The molecule has 2 heterocycles. The van der Waals surface area contributed by atoms with Crippen LogP contribution in [0, 0.1) is 11.8 Å². The first kappa shape index (κ1) is 24.3. The number of hydrogen-bond donors (Lipinski definition) is 1. The quantitative estimate of drug-likeness (QED) is 0.318. The van der Waals surface area contributed by atoms with Gasteiger partial charge in [-0.3, -0.25) is 4.99 Å². The van der Waals surface area contributed by atoms with Crippen molar-refractivity contribution in [2.45, 2.75) is 70.0 Å². The van der Waals surface area contributed by atoms with E-state index in [-0.39, 0.29) is 24.0 Å². The van der Waals surface area contributed by atoms with E-state index in [4.69, 9.17) is 14.5 Å². The lowest BCUT2D eigenvalue weighted by molar-refractivity contribution is -0.0721. The van der Waals surface area contributed by atoms with Crippen molar-refractivity contribution in [3.05, 3.63) is 35.4 Å². The molecule has 1 N–H and O–H groups in total. The average molecular weight is 554 g/mol. The maximum absolute atomic E-state index is 6.20. The molecule has 0 aromatic heterocycles. The molecule has 5 nitrogen and oxygen atoms in total. The Kier molecular flexibility index (Phi) is 8.74. The van der Waals surface area contributed by atoms with Gasteiger partial charge in [0.2, 0.25) is 0 Å². The van der Waals surface area contributed by atoms with E-state index in [0.29, 0.717) is 12.2 Å². The number of aliphatic imine (C=N–C) groups is 1. The van der Waals surface area contributed by atoms with Crippen LogP contribution < -0.4 is 5.32 Å². The molecule has 0 bridgehead atoms. The number of benzene rings is 1. The molecule has 2 saturated heterocycles. The monoisotopic (exact) mass is 553 g/mol. The van der Waals surface area contributed by atoms with Gasteiger partial charge in [0.05, 0.1) is 18.8 Å². The van der Waals surface area contributed by atoms with Gasteiger partial charge in [0.1, 0.15) is 0 Å². The summed E-state index contributed by atoms with van der Waals surface area (Å²) in [6, 6.07) is 9.06. The molecule has 32 heavy (non-hydrogen) atoms. The number of fused-ring (bicyclic) bond motifs is 3. The van der Waals surface area contributed by atoms with Crippen LogP contribution in [0.25, 0.3) is 0 Å². The van der Waals surface area contributed by atoms with Crippen molar-refractivity contribution in [2.24, 2.45) is 16.8 Å². The first-order valence-corrected chi connectivity index (χ1v) is 12.7. The molecule has 4 aliphatic rings. The highest BCUT2D eigenvalue weighted by Crippen LogP contribution is 2.59. The number of guanidine groups is 1. The van der Waals surface area contributed by atoms with Gasteiger partial charge in [-0.2, -0.15) is 0 Å². The van der Waals surface area contributed by atoms with Crippen molar-refractivity contribution in [3.63, 3.8) is 0 Å². The Bertz CT molecular complexity index is 759. The number of nitrogens with one attached hydrogen (secondary N) is 1. The molecule has 1 saturated carbocycles. The molecular weight excluding hydrogens is 513 g/mol. The lowest BCUT2D eigenvalue weighted by Crippen LogP contribution is -2.47. The van der Waals surface area contributed by atoms with E-state index in [9.17, 15) is 0 Å². The molecule has 5 rings (SSSR count). The molecule has 1 aromatic rings. The second-order valence-electron chi connectivity index (χ2n) is 9.79. The molecule has 0 spiro atoms. The lowest BCUT2D eigenvalue weighted by Gasteiger charge is -2.35.